The van der Waals surface area contributed by atoms with Crippen molar-refractivity contribution >= 4 is 31.5 Å². The summed E-state index contributed by atoms with van der Waals surface area (Å²) >= 11 is 0. The van der Waals surface area contributed by atoms with Gasteiger partial charge in [0.1, 0.15) is 22.2 Å². The van der Waals surface area contributed by atoms with E-state index in [1.807, 2.05) is 0 Å². The summed E-state index contributed by atoms with van der Waals surface area (Å²) in [5.74, 6) is -0.532. The predicted molar refractivity (Wildman–Crippen MR) is 122 cm³/mol. The molecule has 2 heterocycles. The maximum Gasteiger partial charge on any atom is 0.294 e. The van der Waals surface area contributed by atoms with Crippen LogP contribution in [0, 0.1) is 18.3 Å². The first-order valence-electron chi connectivity index (χ1n) is 10.4. The van der Waals surface area contributed by atoms with E-state index in [1.165, 1.54) is 6.92 Å². The van der Waals surface area contributed by atoms with Gasteiger partial charge in [-0.25, -0.2) is 13.1 Å². The first kappa shape index (κ1) is 26.4. The lowest BCUT2D eigenvalue weighted by molar-refractivity contribution is 0.114. The number of sulfonamides is 1. The van der Waals surface area contributed by atoms with E-state index in [2.05, 4.69) is 15.0 Å². The van der Waals surface area contributed by atoms with E-state index in [9.17, 15) is 36.6 Å². The van der Waals surface area contributed by atoms with Crippen LogP contribution in [0.3, 0.4) is 0 Å². The Balaban J connectivity index is 2.12. The van der Waals surface area contributed by atoms with Gasteiger partial charge in [-0.05, 0) is 44.9 Å². The fourth-order valence-corrected chi connectivity index (χ4v) is 5.30. The highest BCUT2D eigenvalue weighted by Gasteiger charge is 2.25. The molecule has 13 nitrogen and oxygen atoms in total. The SMILES string of the molecule is CCn1c(O)c(C#N)c(C)c(N=Nc2ccc(S(=O)(=O)O)cc2S(=O)(=O)NCC2CCCO2)c1=O. The van der Waals surface area contributed by atoms with Crippen molar-refractivity contribution in [2.24, 2.45) is 10.2 Å². The van der Waals surface area contributed by atoms with Crippen LogP contribution in [0.15, 0.2) is 43.0 Å². The molecule has 1 aliphatic rings. The molecule has 3 rings (SSSR count). The van der Waals surface area contributed by atoms with Crippen molar-refractivity contribution in [3.8, 4) is 11.9 Å². The van der Waals surface area contributed by atoms with Crippen LogP contribution < -0.4 is 10.3 Å². The van der Waals surface area contributed by atoms with Gasteiger partial charge in [0.2, 0.25) is 15.9 Å². The van der Waals surface area contributed by atoms with Crippen LogP contribution in [0.1, 0.15) is 30.9 Å². The number of rotatable bonds is 8. The molecule has 0 radical (unpaired) electrons. The lowest BCUT2D eigenvalue weighted by atomic mass is 10.1. The zero-order valence-electron chi connectivity index (χ0n) is 18.8. The minimum Gasteiger partial charge on any atom is -0.493 e. The molecule has 2 aromatic rings. The van der Waals surface area contributed by atoms with Gasteiger partial charge < -0.3 is 9.84 Å². The minimum atomic E-state index is -4.74. The van der Waals surface area contributed by atoms with Crippen molar-refractivity contribution in [1.29, 1.82) is 5.26 Å². The summed E-state index contributed by atoms with van der Waals surface area (Å²) in [6, 6.07) is 4.44. The molecular formula is C20H23N5O8S2. The maximum absolute atomic E-state index is 13.0. The summed E-state index contributed by atoms with van der Waals surface area (Å²) < 4.78 is 67.2. The highest BCUT2D eigenvalue weighted by molar-refractivity contribution is 7.89. The van der Waals surface area contributed by atoms with E-state index in [4.69, 9.17) is 4.74 Å². The fourth-order valence-electron chi connectivity index (χ4n) is 3.49. The molecule has 1 aromatic heterocycles. The van der Waals surface area contributed by atoms with Gasteiger partial charge in [0.25, 0.3) is 15.7 Å². The largest absolute Gasteiger partial charge is 0.493 e. The maximum atomic E-state index is 13.0. The molecule has 1 unspecified atom stereocenters. The molecule has 1 fully saturated rings. The van der Waals surface area contributed by atoms with E-state index in [1.54, 1.807) is 13.0 Å². The lowest BCUT2D eigenvalue weighted by Crippen LogP contribution is -2.32. The summed E-state index contributed by atoms with van der Waals surface area (Å²) in [5, 5.41) is 27.2. The number of hydrogen-bond donors (Lipinski definition) is 3. The zero-order chi connectivity index (χ0) is 26.0. The van der Waals surface area contributed by atoms with Crippen molar-refractivity contribution in [1.82, 2.24) is 9.29 Å². The quantitative estimate of drug-likeness (QED) is 0.340. The highest BCUT2D eigenvalue weighted by atomic mass is 32.2. The second kappa shape index (κ2) is 10.2. The molecule has 1 saturated heterocycles. The first-order valence-corrected chi connectivity index (χ1v) is 13.3. The van der Waals surface area contributed by atoms with Gasteiger partial charge in [0.15, 0.2) is 5.69 Å². The van der Waals surface area contributed by atoms with E-state index < -0.39 is 41.4 Å². The molecular weight excluding hydrogens is 502 g/mol. The molecule has 1 aliphatic heterocycles. The predicted octanol–water partition coefficient (Wildman–Crippen LogP) is 1.87. The third-order valence-electron chi connectivity index (χ3n) is 5.39. The van der Waals surface area contributed by atoms with Crippen molar-refractivity contribution in [2.75, 3.05) is 13.2 Å². The summed E-state index contributed by atoms with van der Waals surface area (Å²) in [6.07, 6.45) is 1.07. The van der Waals surface area contributed by atoms with Crippen molar-refractivity contribution in [2.45, 2.75) is 49.1 Å². The molecule has 0 saturated carbocycles. The zero-order valence-corrected chi connectivity index (χ0v) is 20.4. The molecule has 188 valence electrons. The molecule has 3 N–H and O–H groups in total. The normalized spacial score (nSPS) is 16.6. The number of nitrogens with zero attached hydrogens (tertiary/aromatic N) is 4. The van der Waals surface area contributed by atoms with Gasteiger partial charge in [-0.2, -0.15) is 13.7 Å². The second-order valence-corrected chi connectivity index (χ2v) is 10.8. The number of hydrogen-bond acceptors (Lipinski definition) is 10. The average molecular weight is 526 g/mol. The van der Waals surface area contributed by atoms with Gasteiger partial charge in [-0.3, -0.25) is 13.9 Å². The number of aromatic nitrogens is 1. The van der Waals surface area contributed by atoms with Gasteiger partial charge in [-0.1, -0.05) is 0 Å². The number of ether oxygens (including phenoxy) is 1. The van der Waals surface area contributed by atoms with E-state index in [0.29, 0.717) is 13.0 Å². The molecule has 35 heavy (non-hydrogen) atoms. The van der Waals surface area contributed by atoms with Gasteiger partial charge in [0.05, 0.1) is 11.0 Å². The number of nitriles is 1. The van der Waals surface area contributed by atoms with Gasteiger partial charge in [-0.15, -0.1) is 10.2 Å². The van der Waals surface area contributed by atoms with E-state index in [-0.39, 0.29) is 41.7 Å². The summed E-state index contributed by atoms with van der Waals surface area (Å²) in [7, 11) is -9.10. The van der Waals surface area contributed by atoms with E-state index in [0.717, 1.165) is 29.2 Å². The van der Waals surface area contributed by atoms with Crippen molar-refractivity contribution in [3.05, 3.63) is 39.7 Å². The Bertz CT molecular complexity index is 1480. The number of azo groups is 1. The monoisotopic (exact) mass is 525 g/mol. The molecule has 0 bridgehead atoms. The second-order valence-electron chi connectivity index (χ2n) is 7.62. The summed E-state index contributed by atoms with van der Waals surface area (Å²) in [5.41, 5.74) is -1.57. The minimum absolute atomic E-state index is 0.0258. The smallest absolute Gasteiger partial charge is 0.294 e. The first-order chi connectivity index (χ1) is 16.4. The molecule has 0 spiro atoms. The standard InChI is InChI=1S/C20H23N5O8S2/c1-3-25-19(26)15(10-21)12(2)18(20(25)27)24-23-16-7-6-14(35(30,31)32)9-17(16)34(28,29)22-11-13-5-4-8-33-13/h6-7,9,13,22,26H,3-5,8,11H2,1-2H3,(H,30,31,32). The molecule has 15 heteroatoms. The van der Waals surface area contributed by atoms with Crippen LogP contribution in [0.25, 0.3) is 0 Å². The fraction of sp³-hybridized carbons (Fsp3) is 0.400. The summed E-state index contributed by atoms with van der Waals surface area (Å²) in [6.45, 7) is 3.39. The topological polar surface area (TPSA) is 201 Å². The molecule has 0 amide bonds. The third kappa shape index (κ3) is 5.57. The average Bonchev–Trinajstić information content (AvgIpc) is 3.31. The van der Waals surface area contributed by atoms with Gasteiger partial charge in [0, 0.05) is 25.3 Å². The third-order valence-corrected chi connectivity index (χ3v) is 7.69. The Morgan fingerprint density at radius 1 is 1.29 bits per heavy atom. The van der Waals surface area contributed by atoms with Crippen LogP contribution in [0.4, 0.5) is 11.4 Å². The van der Waals surface area contributed by atoms with Crippen LogP contribution in [-0.2, 0) is 31.4 Å². The van der Waals surface area contributed by atoms with Crippen LogP contribution in [-0.4, -0.2) is 50.3 Å². The Morgan fingerprint density at radius 2 is 2.00 bits per heavy atom. The van der Waals surface area contributed by atoms with Crippen LogP contribution >= 0.6 is 0 Å². The Hall–Kier alpha value is -3.16. The number of benzene rings is 1. The summed E-state index contributed by atoms with van der Waals surface area (Å²) in [4.78, 5) is 11.4. The van der Waals surface area contributed by atoms with Crippen molar-refractivity contribution in [3.63, 3.8) is 0 Å². The van der Waals surface area contributed by atoms with E-state index >= 15 is 0 Å². The highest BCUT2D eigenvalue weighted by Crippen LogP contribution is 2.31. The van der Waals surface area contributed by atoms with Crippen LogP contribution in [0.2, 0.25) is 0 Å². The Kier molecular flexibility index (Phi) is 7.72. The van der Waals surface area contributed by atoms with Crippen molar-refractivity contribution < 1.29 is 31.2 Å². The van der Waals surface area contributed by atoms with Gasteiger partial charge >= 0.3 is 0 Å². The molecule has 1 aromatic carbocycles. The number of pyridine rings is 1. The Morgan fingerprint density at radius 3 is 2.57 bits per heavy atom. The molecule has 0 aliphatic carbocycles. The number of nitrogens with one attached hydrogen (secondary N) is 1. The molecule has 1 atom stereocenters. The lowest BCUT2D eigenvalue weighted by Gasteiger charge is -2.13. The number of aromatic hydroxyl groups is 1. The Labute approximate surface area is 201 Å². The van der Waals surface area contributed by atoms with Crippen LogP contribution in [0.5, 0.6) is 5.88 Å².